The molecule has 5 rings (SSSR count). The summed E-state index contributed by atoms with van der Waals surface area (Å²) in [5, 5.41) is 0. The van der Waals surface area contributed by atoms with Crippen molar-refractivity contribution in [2.45, 2.75) is 31.3 Å². The van der Waals surface area contributed by atoms with Gasteiger partial charge in [-0.3, -0.25) is 14.6 Å². The number of nitrogens with one attached hydrogen (secondary N) is 1. The highest BCUT2D eigenvalue weighted by Crippen LogP contribution is 2.46. The quantitative estimate of drug-likeness (QED) is 0.648. The highest BCUT2D eigenvalue weighted by molar-refractivity contribution is 5.95. The summed E-state index contributed by atoms with van der Waals surface area (Å²) in [6.07, 6.45) is 2.30. The molecular weight excluding hydrogens is 457 g/mol. The van der Waals surface area contributed by atoms with Crippen LogP contribution < -0.4 is 20.1 Å². The molecule has 2 aromatic rings. The van der Waals surface area contributed by atoms with Crippen LogP contribution in [0, 0.1) is 5.82 Å². The van der Waals surface area contributed by atoms with Crippen molar-refractivity contribution in [3.05, 3.63) is 45.0 Å². The van der Waals surface area contributed by atoms with Crippen molar-refractivity contribution in [3.63, 3.8) is 0 Å². The van der Waals surface area contributed by atoms with Crippen LogP contribution in [0.2, 0.25) is 0 Å². The molecule has 1 aromatic carbocycles. The smallest absolute Gasteiger partial charge is 0.339 e. The molecule has 0 radical (unpaired) electrons. The van der Waals surface area contributed by atoms with E-state index in [1.165, 1.54) is 17.0 Å². The maximum absolute atomic E-state index is 15.3. The summed E-state index contributed by atoms with van der Waals surface area (Å²) >= 11 is 0. The molecule has 186 valence electrons. The van der Waals surface area contributed by atoms with Gasteiger partial charge in [-0.2, -0.15) is 4.98 Å². The van der Waals surface area contributed by atoms with Gasteiger partial charge in [-0.15, -0.1) is 0 Å². The predicted molar refractivity (Wildman–Crippen MR) is 126 cm³/mol. The fraction of sp³-hybridized carbons (Fsp3) is 0.500. The lowest BCUT2D eigenvalue weighted by atomic mass is 9.83. The van der Waals surface area contributed by atoms with E-state index in [1.807, 2.05) is 16.8 Å². The molecule has 0 aliphatic carbocycles. The number of anilines is 2. The van der Waals surface area contributed by atoms with Crippen molar-refractivity contribution in [2.24, 2.45) is 0 Å². The third-order valence-corrected chi connectivity index (χ3v) is 7.02. The summed E-state index contributed by atoms with van der Waals surface area (Å²) in [7, 11) is 5.11. The van der Waals surface area contributed by atoms with Crippen molar-refractivity contribution in [1.82, 2.24) is 14.9 Å². The van der Waals surface area contributed by atoms with Gasteiger partial charge in [0.25, 0.3) is 11.5 Å². The molecule has 11 heteroatoms. The maximum Gasteiger partial charge on any atom is 0.339 e. The summed E-state index contributed by atoms with van der Waals surface area (Å²) in [5.41, 5.74) is -0.188. The third-order valence-electron chi connectivity index (χ3n) is 7.02. The number of piperidine rings is 1. The van der Waals surface area contributed by atoms with Crippen molar-refractivity contribution >= 4 is 23.6 Å². The first kappa shape index (κ1) is 23.1. The van der Waals surface area contributed by atoms with E-state index in [1.54, 1.807) is 14.1 Å². The molecular formula is C24H28FN5O5. The van der Waals surface area contributed by atoms with E-state index >= 15 is 4.39 Å². The second kappa shape index (κ2) is 8.54. The molecule has 3 aliphatic heterocycles. The van der Waals surface area contributed by atoms with E-state index in [4.69, 9.17) is 14.5 Å². The second-order valence-electron chi connectivity index (χ2n) is 9.49. The molecule has 1 aromatic heterocycles. The molecule has 1 saturated heterocycles. The highest BCUT2D eigenvalue weighted by atomic mass is 19.1. The molecule has 0 atom stereocenters. The van der Waals surface area contributed by atoms with Gasteiger partial charge in [-0.25, -0.2) is 9.18 Å². The standard InChI is InChI=1S/C24H28FN5O5/c1-28(2)18(31)13-34-14-11-16-19(17(25)12-14)24(35-22(16)33)6-9-30(10-7-24)23-26-20-15(21(32)27-23)5-4-8-29(20)3/h11-12H,4-10,13H2,1-3H3,(H,26,27,32). The summed E-state index contributed by atoms with van der Waals surface area (Å²) in [6, 6.07) is 2.62. The van der Waals surface area contributed by atoms with Gasteiger partial charge in [0.2, 0.25) is 5.95 Å². The summed E-state index contributed by atoms with van der Waals surface area (Å²) in [6.45, 7) is 1.43. The van der Waals surface area contributed by atoms with E-state index in [9.17, 15) is 14.4 Å². The zero-order valence-electron chi connectivity index (χ0n) is 20.0. The number of hydrogen-bond acceptors (Lipinski definition) is 8. The minimum Gasteiger partial charge on any atom is -0.484 e. The molecule has 3 aliphatic rings. The molecule has 0 unspecified atom stereocenters. The highest BCUT2D eigenvalue weighted by Gasteiger charge is 2.50. The van der Waals surface area contributed by atoms with E-state index < -0.39 is 17.4 Å². The number of hydrogen-bond donors (Lipinski definition) is 1. The first-order valence-electron chi connectivity index (χ1n) is 11.7. The summed E-state index contributed by atoms with van der Waals surface area (Å²) < 4.78 is 26.4. The van der Waals surface area contributed by atoms with Gasteiger partial charge >= 0.3 is 5.97 Å². The average Bonchev–Trinajstić information content (AvgIpc) is 3.09. The van der Waals surface area contributed by atoms with Gasteiger partial charge in [0.15, 0.2) is 6.61 Å². The number of nitrogens with zero attached hydrogens (tertiary/aromatic N) is 4. The van der Waals surface area contributed by atoms with Crippen LogP contribution in [-0.4, -0.2) is 74.1 Å². The number of rotatable bonds is 4. The van der Waals surface area contributed by atoms with Crippen molar-refractivity contribution in [1.29, 1.82) is 0 Å². The molecule has 35 heavy (non-hydrogen) atoms. The van der Waals surface area contributed by atoms with E-state index in [-0.39, 0.29) is 34.9 Å². The number of esters is 1. The van der Waals surface area contributed by atoms with Crippen LogP contribution in [0.4, 0.5) is 16.2 Å². The van der Waals surface area contributed by atoms with E-state index in [0.717, 1.165) is 13.0 Å². The Morgan fingerprint density at radius 3 is 2.71 bits per heavy atom. The van der Waals surface area contributed by atoms with Crippen LogP contribution in [0.25, 0.3) is 0 Å². The van der Waals surface area contributed by atoms with Crippen LogP contribution in [-0.2, 0) is 21.6 Å². The number of halogens is 1. The molecule has 4 heterocycles. The predicted octanol–water partition coefficient (Wildman–Crippen LogP) is 1.42. The lowest BCUT2D eigenvalue weighted by Gasteiger charge is -2.39. The molecule has 1 fully saturated rings. The molecule has 10 nitrogen and oxygen atoms in total. The lowest BCUT2D eigenvalue weighted by Crippen LogP contribution is -2.44. The van der Waals surface area contributed by atoms with Gasteiger partial charge in [0.05, 0.1) is 11.1 Å². The van der Waals surface area contributed by atoms with Crippen LogP contribution in [0.5, 0.6) is 5.75 Å². The minimum atomic E-state index is -1.09. The largest absolute Gasteiger partial charge is 0.484 e. The Balaban J connectivity index is 1.36. The zero-order valence-corrected chi connectivity index (χ0v) is 20.0. The molecule has 1 spiro atoms. The summed E-state index contributed by atoms with van der Waals surface area (Å²) in [4.78, 5) is 50.0. The van der Waals surface area contributed by atoms with Crippen LogP contribution >= 0.6 is 0 Å². The Bertz CT molecular complexity index is 1250. The maximum atomic E-state index is 15.3. The number of likely N-dealkylation sites (N-methyl/N-ethyl adjacent to an activating group) is 1. The molecule has 1 amide bonds. The minimum absolute atomic E-state index is 0.0999. The fourth-order valence-corrected chi connectivity index (χ4v) is 5.04. The number of aromatic nitrogens is 2. The molecule has 1 N–H and O–H groups in total. The zero-order chi connectivity index (χ0) is 24.9. The SMILES string of the molecule is CN(C)C(=O)COc1cc(F)c2c(c1)C(=O)OC21CCN(c2nc3c(c(=O)[nH]2)CCCN3C)CC1. The number of benzene rings is 1. The average molecular weight is 486 g/mol. The summed E-state index contributed by atoms with van der Waals surface area (Å²) in [5.74, 6) is -0.231. The van der Waals surface area contributed by atoms with Gasteiger partial charge in [-0.05, 0) is 18.9 Å². The number of carbonyl (C=O) groups is 2. The Kier molecular flexibility index (Phi) is 5.65. The molecule has 0 bridgehead atoms. The van der Waals surface area contributed by atoms with Crippen LogP contribution in [0.3, 0.4) is 0 Å². The van der Waals surface area contributed by atoms with Crippen molar-refractivity contribution in [3.8, 4) is 5.75 Å². The Morgan fingerprint density at radius 2 is 2.00 bits per heavy atom. The van der Waals surface area contributed by atoms with Crippen LogP contribution in [0.15, 0.2) is 16.9 Å². The number of ether oxygens (including phenoxy) is 2. The first-order chi connectivity index (χ1) is 16.7. The monoisotopic (exact) mass is 485 g/mol. The second-order valence-corrected chi connectivity index (χ2v) is 9.49. The van der Waals surface area contributed by atoms with E-state index in [2.05, 4.69) is 4.98 Å². The van der Waals surface area contributed by atoms with Gasteiger partial charge in [-0.1, -0.05) is 0 Å². The number of H-pyrrole nitrogens is 1. The molecule has 0 saturated carbocycles. The number of fused-ring (bicyclic) bond motifs is 3. The lowest BCUT2D eigenvalue weighted by molar-refractivity contribution is -0.130. The first-order valence-corrected chi connectivity index (χ1v) is 11.7. The van der Waals surface area contributed by atoms with E-state index in [0.29, 0.717) is 49.7 Å². The number of amides is 1. The Morgan fingerprint density at radius 1 is 1.26 bits per heavy atom. The number of aromatic amines is 1. The van der Waals surface area contributed by atoms with Crippen LogP contribution in [0.1, 0.15) is 40.7 Å². The van der Waals surface area contributed by atoms with Gasteiger partial charge in [0.1, 0.15) is 23.0 Å². The third kappa shape index (κ3) is 3.98. The number of carbonyl (C=O) groups excluding carboxylic acids is 2. The normalized spacial score (nSPS) is 18.2. The fourth-order valence-electron chi connectivity index (χ4n) is 5.04. The van der Waals surface area contributed by atoms with Gasteiger partial charge < -0.3 is 24.2 Å². The Labute approximate surface area is 201 Å². The topological polar surface area (TPSA) is 108 Å². The Hall–Kier alpha value is -3.63. The van der Waals surface area contributed by atoms with Crippen molar-refractivity contribution < 1.29 is 23.5 Å². The van der Waals surface area contributed by atoms with Gasteiger partial charge in [0, 0.05) is 65.2 Å². The van der Waals surface area contributed by atoms with Crippen molar-refractivity contribution in [2.75, 3.05) is 57.2 Å².